The van der Waals surface area contributed by atoms with Gasteiger partial charge >= 0.3 is 5.97 Å². The van der Waals surface area contributed by atoms with Gasteiger partial charge in [0.05, 0.1) is 12.6 Å². The van der Waals surface area contributed by atoms with Crippen molar-refractivity contribution in [1.29, 1.82) is 0 Å². The van der Waals surface area contributed by atoms with Gasteiger partial charge in [-0.25, -0.2) is 4.79 Å². The molecule has 60 heavy (non-hydrogen) atoms. The van der Waals surface area contributed by atoms with Crippen LogP contribution in [-0.4, -0.2) is 98.6 Å². The molecule has 0 aliphatic carbocycles. The smallest absolute Gasteiger partial charge is 0.326 e. The van der Waals surface area contributed by atoms with E-state index in [-0.39, 0.29) is 51.1 Å². The van der Waals surface area contributed by atoms with Gasteiger partial charge in [0.2, 0.25) is 24.1 Å². The zero-order valence-corrected chi connectivity index (χ0v) is 36.9. The molecule has 0 saturated carbocycles. The van der Waals surface area contributed by atoms with Crippen molar-refractivity contribution in [1.82, 2.24) is 20.9 Å². The van der Waals surface area contributed by atoms with Gasteiger partial charge in [0, 0.05) is 44.1 Å². The van der Waals surface area contributed by atoms with E-state index in [2.05, 4.69) is 29.8 Å². The number of aliphatic carboxylic acids is 1. The van der Waals surface area contributed by atoms with E-state index in [1.165, 1.54) is 58.3 Å². The van der Waals surface area contributed by atoms with Crippen molar-refractivity contribution < 1.29 is 38.6 Å². The quantitative estimate of drug-likeness (QED) is 0.0395. The van der Waals surface area contributed by atoms with Crippen molar-refractivity contribution in [3.63, 3.8) is 0 Å². The minimum Gasteiger partial charge on any atom is -0.492 e. The van der Waals surface area contributed by atoms with Gasteiger partial charge in [0.25, 0.3) is 0 Å². The molecule has 2 unspecified atom stereocenters. The first-order valence-electron chi connectivity index (χ1n) is 21.8. The lowest BCUT2D eigenvalue weighted by Gasteiger charge is -2.27. The minimum atomic E-state index is -1.29. The normalized spacial score (nSPS) is 12.2. The average molecular weight is 842 g/mol. The summed E-state index contributed by atoms with van der Waals surface area (Å²) in [6.07, 6.45) is 15.0. The lowest BCUT2D eigenvalue weighted by Crippen LogP contribution is -2.49. The van der Waals surface area contributed by atoms with Crippen LogP contribution in [0.4, 0.5) is 0 Å². The highest BCUT2D eigenvalue weighted by molar-refractivity contribution is 5.88. The Morgan fingerprint density at radius 2 is 1.30 bits per heavy atom. The standard InChI is InChI=1S/C42H66N6O8.C3H9N/c1-5-6-7-8-9-10-11-12-13-14-15-16-39(50)45-28-40(51)48(4)31(3)33-18-20-38(56-24-22-44)35(27-33)34-25-32(17-19-37(34)55-23-21-43)26-36(42(53)54)47-41(52)30(2)46-29-49;1-2-3-4/h17-20,25,27,29-31,36H,5-16,21-24,26,28,43-44H2,1-4H3,(H,45,50)(H,46,49)(H,47,52)(H,53,54);2-4H2,1H3/t30-,31?,36?;/m0./s1. The first-order valence-corrected chi connectivity index (χ1v) is 21.8. The Balaban J connectivity index is 0.00000429. The second-order valence-corrected chi connectivity index (χ2v) is 15.0. The van der Waals surface area contributed by atoms with E-state index in [0.717, 1.165) is 37.8 Å². The van der Waals surface area contributed by atoms with Gasteiger partial charge in [-0.3, -0.25) is 19.2 Å². The third-order valence-electron chi connectivity index (χ3n) is 10.0. The summed E-state index contributed by atoms with van der Waals surface area (Å²) in [6, 6.07) is 8.06. The molecule has 338 valence electrons. The van der Waals surface area contributed by atoms with Gasteiger partial charge in [-0.15, -0.1) is 0 Å². The molecule has 4 amide bonds. The van der Waals surface area contributed by atoms with Crippen molar-refractivity contribution in [2.75, 3.05) is 46.4 Å². The minimum absolute atomic E-state index is 0.0731. The molecule has 0 spiro atoms. The Morgan fingerprint density at radius 3 is 1.82 bits per heavy atom. The summed E-state index contributed by atoms with van der Waals surface area (Å²) in [4.78, 5) is 62.9. The number of carbonyl (C=O) groups excluding carboxylic acids is 4. The van der Waals surface area contributed by atoms with Crippen LogP contribution in [0.15, 0.2) is 36.4 Å². The molecule has 0 aromatic heterocycles. The largest absolute Gasteiger partial charge is 0.492 e. The van der Waals surface area contributed by atoms with Crippen molar-refractivity contribution in [2.45, 2.75) is 136 Å². The molecule has 15 nitrogen and oxygen atoms in total. The molecule has 2 rings (SSSR count). The molecule has 0 aliphatic heterocycles. The average Bonchev–Trinajstić information content (AvgIpc) is 3.25. The number of carboxylic acid groups (broad SMARTS) is 1. The van der Waals surface area contributed by atoms with Crippen molar-refractivity contribution >= 4 is 30.1 Å². The highest BCUT2D eigenvalue weighted by Gasteiger charge is 2.25. The Hall–Kier alpha value is -4.73. The van der Waals surface area contributed by atoms with Gasteiger partial charge in [0.15, 0.2) is 0 Å². The van der Waals surface area contributed by atoms with E-state index in [1.54, 1.807) is 36.2 Å². The summed E-state index contributed by atoms with van der Waals surface area (Å²) >= 11 is 0. The number of amides is 4. The molecule has 0 heterocycles. The van der Waals surface area contributed by atoms with E-state index in [1.807, 2.05) is 19.1 Å². The monoisotopic (exact) mass is 842 g/mol. The van der Waals surface area contributed by atoms with Crippen molar-refractivity contribution in [3.05, 3.63) is 47.5 Å². The van der Waals surface area contributed by atoms with Crippen molar-refractivity contribution in [3.8, 4) is 22.6 Å². The van der Waals surface area contributed by atoms with E-state index in [0.29, 0.717) is 41.0 Å². The fourth-order valence-electron chi connectivity index (χ4n) is 6.21. The SMILES string of the molecule is CCCCCCCCCCCCCC(=O)NCC(=O)N(C)C(C)c1ccc(OCCN)c(-c2cc(CC(NC(=O)[C@H](C)NC=O)C(=O)O)ccc2OCCN)c1.CCCN. The number of likely N-dealkylation sites (N-methyl/N-ethyl adjacent to an activating group) is 1. The first kappa shape index (κ1) is 53.3. The molecular weight excluding hydrogens is 767 g/mol. The van der Waals surface area contributed by atoms with Crippen LogP contribution < -0.4 is 42.6 Å². The molecule has 2 aromatic carbocycles. The van der Waals surface area contributed by atoms with Crippen LogP contribution in [-0.2, 0) is 30.4 Å². The predicted molar refractivity (Wildman–Crippen MR) is 238 cm³/mol. The Morgan fingerprint density at radius 1 is 0.767 bits per heavy atom. The number of nitrogens with one attached hydrogen (secondary N) is 3. The third kappa shape index (κ3) is 21.0. The number of carboxylic acids is 1. The van der Waals surface area contributed by atoms with Crippen LogP contribution in [0.5, 0.6) is 11.5 Å². The third-order valence-corrected chi connectivity index (χ3v) is 10.0. The highest BCUT2D eigenvalue weighted by atomic mass is 16.5. The fraction of sp³-hybridized carbons (Fsp3) is 0.622. The number of nitrogens with zero attached hydrogens (tertiary/aromatic N) is 1. The first-order chi connectivity index (χ1) is 28.9. The maximum absolute atomic E-state index is 13.3. The zero-order valence-electron chi connectivity index (χ0n) is 36.9. The zero-order chi connectivity index (χ0) is 44.7. The summed E-state index contributed by atoms with van der Waals surface area (Å²) in [5, 5.41) is 17.5. The van der Waals surface area contributed by atoms with Gasteiger partial charge in [-0.05, 0) is 68.6 Å². The summed E-state index contributed by atoms with van der Waals surface area (Å²) in [5.41, 5.74) is 19.1. The van der Waals surface area contributed by atoms with E-state index in [9.17, 15) is 29.1 Å². The molecule has 0 saturated heterocycles. The number of benzene rings is 2. The molecule has 0 fully saturated rings. The number of carbonyl (C=O) groups is 5. The number of rotatable bonds is 31. The summed E-state index contributed by atoms with van der Waals surface area (Å²) in [7, 11) is 1.68. The molecular formula is C45H75N7O8. The van der Waals surface area contributed by atoms with Gasteiger partial charge in [-0.1, -0.05) is 90.2 Å². The second-order valence-electron chi connectivity index (χ2n) is 15.0. The Labute approximate surface area is 358 Å². The van der Waals surface area contributed by atoms with Gasteiger partial charge < -0.3 is 52.6 Å². The Bertz CT molecular complexity index is 1560. The molecule has 0 radical (unpaired) electrons. The Kier molecular flexibility index (Phi) is 28.5. The van der Waals surface area contributed by atoms with Crippen LogP contribution in [0.25, 0.3) is 11.1 Å². The maximum Gasteiger partial charge on any atom is 0.326 e. The van der Waals surface area contributed by atoms with Gasteiger partial charge in [-0.2, -0.15) is 0 Å². The molecule has 3 atom stereocenters. The number of unbranched alkanes of at least 4 members (excludes halogenated alkanes) is 10. The lowest BCUT2D eigenvalue weighted by atomic mass is 9.94. The predicted octanol–water partition coefficient (Wildman–Crippen LogP) is 4.97. The number of hydrogen-bond donors (Lipinski definition) is 7. The van der Waals surface area contributed by atoms with E-state index < -0.39 is 30.0 Å². The van der Waals surface area contributed by atoms with E-state index >= 15 is 0 Å². The molecule has 15 heteroatoms. The summed E-state index contributed by atoms with van der Waals surface area (Å²) in [5.74, 6) is -1.33. The maximum atomic E-state index is 13.3. The van der Waals surface area contributed by atoms with Crippen LogP contribution in [0.3, 0.4) is 0 Å². The topological polar surface area (TPSA) is 241 Å². The van der Waals surface area contributed by atoms with Crippen LogP contribution in [0.1, 0.15) is 128 Å². The highest BCUT2D eigenvalue weighted by Crippen LogP contribution is 2.39. The molecule has 0 bridgehead atoms. The second kappa shape index (κ2) is 32.1. The van der Waals surface area contributed by atoms with Crippen molar-refractivity contribution in [2.24, 2.45) is 17.2 Å². The molecule has 2 aromatic rings. The lowest BCUT2D eigenvalue weighted by molar-refractivity contribution is -0.142. The van der Waals surface area contributed by atoms with Crippen LogP contribution in [0, 0.1) is 0 Å². The fourth-order valence-corrected chi connectivity index (χ4v) is 6.21. The van der Waals surface area contributed by atoms with Crippen LogP contribution in [0.2, 0.25) is 0 Å². The molecule has 10 N–H and O–H groups in total. The summed E-state index contributed by atoms with van der Waals surface area (Å²) in [6.45, 7) is 9.25. The van der Waals surface area contributed by atoms with Gasteiger partial charge in [0.1, 0.15) is 36.8 Å². The number of nitrogens with two attached hydrogens (primary N) is 3. The van der Waals surface area contributed by atoms with E-state index in [4.69, 9.17) is 26.7 Å². The summed E-state index contributed by atoms with van der Waals surface area (Å²) < 4.78 is 12.0. The number of hydrogen-bond acceptors (Lipinski definition) is 10. The van der Waals surface area contributed by atoms with Crippen LogP contribution >= 0.6 is 0 Å². The molecule has 0 aliphatic rings. The number of ether oxygens (including phenoxy) is 2.